The van der Waals surface area contributed by atoms with E-state index < -0.39 is 0 Å². The zero-order chi connectivity index (χ0) is 13.9. The summed E-state index contributed by atoms with van der Waals surface area (Å²) >= 11 is 0. The molecule has 0 bridgehead atoms. The van der Waals surface area contributed by atoms with Gasteiger partial charge in [0, 0.05) is 0 Å². The molecule has 100 valence electrons. The van der Waals surface area contributed by atoms with Gasteiger partial charge in [0.1, 0.15) is 5.75 Å². The van der Waals surface area contributed by atoms with Gasteiger partial charge in [0.2, 0.25) is 0 Å². The van der Waals surface area contributed by atoms with Crippen LogP contribution in [0, 0.1) is 13.8 Å². The van der Waals surface area contributed by atoms with E-state index in [-0.39, 0.29) is 0 Å². The van der Waals surface area contributed by atoms with E-state index in [1.54, 1.807) is 6.07 Å². The molecule has 0 atom stereocenters. The highest BCUT2D eigenvalue weighted by Gasteiger charge is 1.94. The molecule has 0 saturated heterocycles. The number of phenolic OH excluding ortho intramolecular Hbond substituents is 1. The summed E-state index contributed by atoms with van der Waals surface area (Å²) in [7, 11) is 0. The van der Waals surface area contributed by atoms with Gasteiger partial charge in [-0.1, -0.05) is 60.7 Å². The third-order valence-electron chi connectivity index (χ3n) is 2.89. The highest BCUT2D eigenvalue weighted by atomic mass is 16.3. The Morgan fingerprint density at radius 1 is 0.789 bits per heavy atom. The van der Waals surface area contributed by atoms with E-state index in [9.17, 15) is 0 Å². The summed E-state index contributed by atoms with van der Waals surface area (Å²) in [5.74, 6) is 0.384. The first-order chi connectivity index (χ1) is 9.22. The molecule has 1 N–H and O–H groups in total. The predicted octanol–water partition coefficient (Wildman–Crippen LogP) is 5.01. The van der Waals surface area contributed by atoms with E-state index in [4.69, 9.17) is 5.11 Å². The van der Waals surface area contributed by atoms with Crippen molar-refractivity contribution in [1.82, 2.24) is 0 Å². The lowest BCUT2D eigenvalue weighted by atomic mass is 10.1. The normalized spacial score (nSPS) is 13.8. The average Bonchev–Trinajstić information content (AvgIpc) is 3.11. The second kappa shape index (κ2) is 8.98. The van der Waals surface area contributed by atoms with Crippen LogP contribution in [0.25, 0.3) is 0 Å². The molecule has 1 nitrogen and oxygen atoms in total. The maximum Gasteiger partial charge on any atom is 0.118 e. The van der Waals surface area contributed by atoms with Crippen LogP contribution in [0.1, 0.15) is 24.0 Å². The van der Waals surface area contributed by atoms with Gasteiger partial charge in [-0.2, -0.15) is 0 Å². The lowest BCUT2D eigenvalue weighted by Gasteiger charge is -1.99. The maximum atomic E-state index is 9.10. The van der Waals surface area contributed by atoms with Gasteiger partial charge in [0.05, 0.1) is 0 Å². The number of aryl methyl sites for hydroxylation is 1. The van der Waals surface area contributed by atoms with Crippen LogP contribution in [-0.2, 0) is 0 Å². The Bertz CT molecular complexity index is 428. The fourth-order valence-corrected chi connectivity index (χ4v) is 1.52. The standard InChI is InChI=1S/C8H10O.2C5H6/c1-6-4-3-5-8(9)7(6)2;2*1-2-4-5-3-1/h3-5,9H,1-2H3;2*1-4H,5H2. The Balaban J connectivity index is 0.000000153. The highest BCUT2D eigenvalue weighted by molar-refractivity contribution is 5.36. The second-order valence-electron chi connectivity index (χ2n) is 4.40. The molecule has 0 aliphatic heterocycles. The summed E-state index contributed by atoms with van der Waals surface area (Å²) in [6.07, 6.45) is 19.0. The largest absolute Gasteiger partial charge is 0.508 e. The lowest BCUT2D eigenvalue weighted by molar-refractivity contribution is 0.470. The Morgan fingerprint density at radius 2 is 1.26 bits per heavy atom. The molecule has 1 heteroatoms. The Labute approximate surface area is 116 Å². The smallest absolute Gasteiger partial charge is 0.118 e. The Morgan fingerprint density at radius 3 is 1.53 bits per heavy atom. The molecule has 0 spiro atoms. The number of rotatable bonds is 0. The van der Waals surface area contributed by atoms with E-state index >= 15 is 0 Å². The van der Waals surface area contributed by atoms with E-state index in [0.717, 1.165) is 24.0 Å². The zero-order valence-electron chi connectivity index (χ0n) is 11.7. The molecule has 3 rings (SSSR count). The summed E-state index contributed by atoms with van der Waals surface area (Å²) in [5, 5.41) is 9.10. The van der Waals surface area contributed by atoms with Crippen molar-refractivity contribution >= 4 is 0 Å². The predicted molar refractivity (Wildman–Crippen MR) is 83.4 cm³/mol. The van der Waals surface area contributed by atoms with Crippen molar-refractivity contribution in [3.8, 4) is 5.75 Å². The number of hydrogen-bond donors (Lipinski definition) is 1. The lowest BCUT2D eigenvalue weighted by Crippen LogP contribution is -1.78. The van der Waals surface area contributed by atoms with E-state index in [2.05, 4.69) is 48.6 Å². The molecule has 2 aliphatic carbocycles. The van der Waals surface area contributed by atoms with Gasteiger partial charge in [0.25, 0.3) is 0 Å². The van der Waals surface area contributed by atoms with E-state index in [1.165, 1.54) is 0 Å². The average molecular weight is 254 g/mol. The van der Waals surface area contributed by atoms with Crippen LogP contribution in [-0.4, -0.2) is 5.11 Å². The number of aromatic hydroxyl groups is 1. The number of phenols is 1. The molecular weight excluding hydrogens is 232 g/mol. The third-order valence-corrected chi connectivity index (χ3v) is 2.89. The molecule has 0 unspecified atom stereocenters. The molecule has 0 heterocycles. The fourth-order valence-electron chi connectivity index (χ4n) is 1.52. The minimum atomic E-state index is 0.384. The van der Waals surface area contributed by atoms with E-state index in [1.807, 2.05) is 26.0 Å². The zero-order valence-corrected chi connectivity index (χ0v) is 11.7. The number of hydrogen-bond acceptors (Lipinski definition) is 1. The van der Waals surface area contributed by atoms with Gasteiger partial charge in [-0.3, -0.25) is 0 Å². The molecule has 0 aromatic heterocycles. The van der Waals surface area contributed by atoms with Gasteiger partial charge in [0.15, 0.2) is 0 Å². The molecule has 1 aromatic rings. The first kappa shape index (κ1) is 15.0. The van der Waals surface area contributed by atoms with Crippen LogP contribution in [0.15, 0.2) is 66.8 Å². The number of benzene rings is 1. The van der Waals surface area contributed by atoms with Crippen LogP contribution < -0.4 is 0 Å². The second-order valence-corrected chi connectivity index (χ2v) is 4.40. The SMILES string of the molecule is C1=CCC=C1.C1=CCC=C1.Cc1cccc(O)c1C. The minimum absolute atomic E-state index is 0.384. The molecule has 19 heavy (non-hydrogen) atoms. The van der Waals surface area contributed by atoms with Crippen molar-refractivity contribution in [1.29, 1.82) is 0 Å². The Kier molecular flexibility index (Phi) is 7.11. The summed E-state index contributed by atoms with van der Waals surface area (Å²) in [5.41, 5.74) is 2.10. The van der Waals surface area contributed by atoms with Gasteiger partial charge in [-0.15, -0.1) is 0 Å². The quantitative estimate of drug-likeness (QED) is 0.689. The van der Waals surface area contributed by atoms with Crippen LogP contribution in [0.4, 0.5) is 0 Å². The molecule has 0 saturated carbocycles. The van der Waals surface area contributed by atoms with Crippen molar-refractivity contribution in [2.75, 3.05) is 0 Å². The first-order valence-corrected chi connectivity index (χ1v) is 6.60. The van der Waals surface area contributed by atoms with Gasteiger partial charge < -0.3 is 5.11 Å². The molecule has 0 amide bonds. The fraction of sp³-hybridized carbons (Fsp3) is 0.222. The van der Waals surface area contributed by atoms with Crippen LogP contribution >= 0.6 is 0 Å². The van der Waals surface area contributed by atoms with Crippen molar-refractivity contribution in [3.05, 3.63) is 77.9 Å². The molecular formula is C18H22O. The minimum Gasteiger partial charge on any atom is -0.508 e. The van der Waals surface area contributed by atoms with Crippen LogP contribution in [0.5, 0.6) is 5.75 Å². The van der Waals surface area contributed by atoms with Crippen LogP contribution in [0.2, 0.25) is 0 Å². The van der Waals surface area contributed by atoms with E-state index in [0.29, 0.717) is 5.75 Å². The summed E-state index contributed by atoms with van der Waals surface area (Å²) in [6, 6.07) is 5.52. The summed E-state index contributed by atoms with van der Waals surface area (Å²) in [4.78, 5) is 0. The summed E-state index contributed by atoms with van der Waals surface area (Å²) in [6.45, 7) is 3.89. The molecule has 0 radical (unpaired) electrons. The Hall–Kier alpha value is -2.02. The van der Waals surface area contributed by atoms with Gasteiger partial charge >= 0.3 is 0 Å². The van der Waals surface area contributed by atoms with Crippen molar-refractivity contribution in [2.24, 2.45) is 0 Å². The topological polar surface area (TPSA) is 20.2 Å². The number of allylic oxidation sites excluding steroid dienone is 8. The van der Waals surface area contributed by atoms with Crippen molar-refractivity contribution in [2.45, 2.75) is 26.7 Å². The molecule has 0 fully saturated rings. The first-order valence-electron chi connectivity index (χ1n) is 6.60. The summed E-state index contributed by atoms with van der Waals surface area (Å²) < 4.78 is 0. The van der Waals surface area contributed by atoms with Crippen LogP contribution in [0.3, 0.4) is 0 Å². The van der Waals surface area contributed by atoms with Gasteiger partial charge in [-0.05, 0) is 43.9 Å². The van der Waals surface area contributed by atoms with Crippen molar-refractivity contribution < 1.29 is 5.11 Å². The van der Waals surface area contributed by atoms with Crippen molar-refractivity contribution in [3.63, 3.8) is 0 Å². The third kappa shape index (κ3) is 6.46. The molecule has 1 aromatic carbocycles. The monoisotopic (exact) mass is 254 g/mol. The van der Waals surface area contributed by atoms with Gasteiger partial charge in [-0.25, -0.2) is 0 Å². The highest BCUT2D eigenvalue weighted by Crippen LogP contribution is 2.17. The maximum absolute atomic E-state index is 9.10. The molecule has 2 aliphatic rings.